The molecule has 1 aliphatic rings. The number of hydrogen-bond donors (Lipinski definition) is 0. The van der Waals surface area contributed by atoms with Crippen LogP contribution < -0.4 is 4.90 Å². The summed E-state index contributed by atoms with van der Waals surface area (Å²) in [6.45, 7) is 4.90. The molecule has 1 fully saturated rings. The van der Waals surface area contributed by atoms with Gasteiger partial charge in [-0.15, -0.1) is 23.7 Å². The Bertz CT molecular complexity index is 1550. The van der Waals surface area contributed by atoms with Crippen molar-refractivity contribution in [3.63, 3.8) is 0 Å². The lowest BCUT2D eigenvalue weighted by Gasteiger charge is -2.28. The third kappa shape index (κ3) is 5.78. The summed E-state index contributed by atoms with van der Waals surface area (Å²) in [6.07, 6.45) is 0.853. The number of hydrogen-bond acceptors (Lipinski definition) is 7. The molecule has 0 atom stereocenters. The Labute approximate surface area is 243 Å². The van der Waals surface area contributed by atoms with Gasteiger partial charge in [0.25, 0.3) is 5.91 Å². The number of carbonyl (C=O) groups excluding carboxylic acids is 1. The van der Waals surface area contributed by atoms with Gasteiger partial charge < -0.3 is 4.74 Å². The molecule has 38 heavy (non-hydrogen) atoms. The number of carbonyl (C=O) groups is 1. The van der Waals surface area contributed by atoms with Crippen molar-refractivity contribution in [2.75, 3.05) is 44.3 Å². The molecule has 10 heteroatoms. The number of rotatable bonds is 7. The van der Waals surface area contributed by atoms with E-state index in [4.69, 9.17) is 14.7 Å². The number of benzene rings is 2. The Morgan fingerprint density at radius 3 is 2.68 bits per heavy atom. The Hall–Kier alpha value is -2.40. The molecule has 0 bridgehead atoms. The molecule has 3 aromatic heterocycles. The lowest BCUT2D eigenvalue weighted by molar-refractivity contribution is 0.0376. The maximum Gasteiger partial charge on any atom is 0.260 e. The highest BCUT2D eigenvalue weighted by molar-refractivity contribution is 9.10. The van der Waals surface area contributed by atoms with Crippen LogP contribution in [0, 0.1) is 0 Å². The van der Waals surface area contributed by atoms with Gasteiger partial charge in [-0.25, -0.2) is 9.97 Å². The first-order valence-corrected chi connectivity index (χ1v) is 14.8. The van der Waals surface area contributed by atoms with Crippen molar-refractivity contribution >= 4 is 83.2 Å². The van der Waals surface area contributed by atoms with Crippen molar-refractivity contribution in [3.8, 4) is 10.6 Å². The number of fused-ring (bicyclic) bond motifs is 2. The highest BCUT2D eigenvalue weighted by Gasteiger charge is 2.25. The Morgan fingerprint density at radius 2 is 1.87 bits per heavy atom. The predicted octanol–water partition coefficient (Wildman–Crippen LogP) is 7.13. The van der Waals surface area contributed by atoms with Gasteiger partial charge in [0.1, 0.15) is 0 Å². The number of amides is 1. The second-order valence-corrected chi connectivity index (χ2v) is 11.8. The number of halogens is 2. The molecule has 0 saturated carbocycles. The third-order valence-electron chi connectivity index (χ3n) is 6.50. The number of anilines is 1. The van der Waals surface area contributed by atoms with Gasteiger partial charge in [-0.1, -0.05) is 51.5 Å². The molecule has 4 heterocycles. The van der Waals surface area contributed by atoms with Crippen molar-refractivity contribution in [2.24, 2.45) is 0 Å². The first-order valence-electron chi connectivity index (χ1n) is 12.3. The van der Waals surface area contributed by atoms with Gasteiger partial charge in [0.15, 0.2) is 5.13 Å². The van der Waals surface area contributed by atoms with Crippen LogP contribution in [0.5, 0.6) is 0 Å². The van der Waals surface area contributed by atoms with Crippen molar-refractivity contribution in [1.82, 2.24) is 14.9 Å². The normalized spacial score (nSPS) is 14.0. The van der Waals surface area contributed by atoms with Crippen molar-refractivity contribution in [2.45, 2.75) is 6.42 Å². The fourth-order valence-electron chi connectivity index (χ4n) is 4.61. The largest absolute Gasteiger partial charge is 0.379 e. The van der Waals surface area contributed by atoms with Crippen LogP contribution in [-0.4, -0.2) is 60.2 Å². The van der Waals surface area contributed by atoms with Crippen molar-refractivity contribution < 1.29 is 9.53 Å². The van der Waals surface area contributed by atoms with Crippen molar-refractivity contribution in [1.29, 1.82) is 0 Å². The minimum absolute atomic E-state index is 0. The summed E-state index contributed by atoms with van der Waals surface area (Å²) in [5, 5.41) is 3.61. The first kappa shape index (κ1) is 27.2. The number of thiazole rings is 1. The second kappa shape index (κ2) is 12.2. The minimum Gasteiger partial charge on any atom is -0.379 e. The van der Waals surface area contributed by atoms with E-state index >= 15 is 0 Å². The van der Waals surface area contributed by atoms with Crippen LogP contribution in [0.1, 0.15) is 16.8 Å². The molecule has 0 spiro atoms. The quantitative estimate of drug-likeness (QED) is 0.192. The zero-order valence-corrected chi connectivity index (χ0v) is 24.5. The number of pyridine rings is 1. The molecule has 0 aliphatic carbocycles. The summed E-state index contributed by atoms with van der Waals surface area (Å²) < 4.78 is 7.55. The van der Waals surface area contributed by atoms with Crippen LogP contribution >= 0.6 is 51.0 Å². The number of morpholine rings is 1. The molecule has 2 aromatic carbocycles. The van der Waals surface area contributed by atoms with Crippen LogP contribution in [0.25, 0.3) is 31.7 Å². The van der Waals surface area contributed by atoms with Gasteiger partial charge in [-0.05, 0) is 48.2 Å². The molecule has 1 amide bonds. The summed E-state index contributed by atoms with van der Waals surface area (Å²) in [5.74, 6) is -0.0449. The molecular weight excluding hydrogens is 604 g/mol. The van der Waals surface area contributed by atoms with E-state index in [1.54, 1.807) is 22.7 Å². The zero-order chi connectivity index (χ0) is 25.2. The average molecular weight is 630 g/mol. The van der Waals surface area contributed by atoms with E-state index in [0.29, 0.717) is 12.1 Å². The van der Waals surface area contributed by atoms with Gasteiger partial charge >= 0.3 is 0 Å². The fourth-order valence-corrected chi connectivity index (χ4v) is 6.84. The number of para-hydroxylation sites is 1. The smallest absolute Gasteiger partial charge is 0.260 e. The summed E-state index contributed by atoms with van der Waals surface area (Å²) in [5.41, 5.74) is 3.19. The molecule has 1 saturated heterocycles. The lowest BCUT2D eigenvalue weighted by atomic mass is 10.1. The molecular formula is C28H26BrClN4O2S2. The third-order valence-corrected chi connectivity index (χ3v) is 8.92. The molecule has 0 radical (unpaired) electrons. The monoisotopic (exact) mass is 628 g/mol. The minimum atomic E-state index is -0.0449. The molecule has 196 valence electrons. The van der Waals surface area contributed by atoms with E-state index in [1.807, 2.05) is 64.9 Å². The van der Waals surface area contributed by atoms with Gasteiger partial charge in [-0.2, -0.15) is 0 Å². The first-order chi connectivity index (χ1) is 18.2. The van der Waals surface area contributed by atoms with Crippen LogP contribution in [0.4, 0.5) is 5.13 Å². The number of ether oxygens (including phenoxy) is 1. The van der Waals surface area contributed by atoms with Crippen LogP contribution in [-0.2, 0) is 4.74 Å². The SMILES string of the molecule is Cl.O=C(c1cc(-c2cccs2)nc2ccccc12)N(CCCN1CCOCC1)c1nc2ccc(Br)cc2s1. The number of nitrogens with zero attached hydrogens (tertiary/aromatic N) is 4. The van der Waals surface area contributed by atoms with Crippen LogP contribution in [0.15, 0.2) is 70.5 Å². The zero-order valence-electron chi connectivity index (χ0n) is 20.5. The van der Waals surface area contributed by atoms with Crippen LogP contribution in [0.2, 0.25) is 0 Å². The number of thiophene rings is 1. The molecule has 0 N–H and O–H groups in total. The van der Waals surface area contributed by atoms with Gasteiger partial charge in [0.05, 0.1) is 45.1 Å². The standard InChI is InChI=1S/C28H25BrN4O2S2.ClH/c29-19-8-9-23-26(17-19)37-28(31-23)33(11-4-10-32-12-14-35-15-13-32)27(34)21-18-24(25-7-3-16-36-25)30-22-6-2-1-5-20(21)22;/h1-3,5-9,16-18H,4,10-15H2;1H. The molecule has 1 aliphatic heterocycles. The maximum atomic E-state index is 14.3. The summed E-state index contributed by atoms with van der Waals surface area (Å²) in [7, 11) is 0. The highest BCUT2D eigenvalue weighted by Crippen LogP contribution is 2.34. The summed E-state index contributed by atoms with van der Waals surface area (Å²) >= 11 is 6.74. The van der Waals surface area contributed by atoms with E-state index in [0.717, 1.165) is 80.6 Å². The average Bonchev–Trinajstić information content (AvgIpc) is 3.61. The highest BCUT2D eigenvalue weighted by atomic mass is 79.9. The van der Waals surface area contributed by atoms with Crippen LogP contribution in [0.3, 0.4) is 0 Å². The van der Waals surface area contributed by atoms with E-state index in [2.05, 4.69) is 26.9 Å². The van der Waals surface area contributed by atoms with Gasteiger partial charge in [0.2, 0.25) is 0 Å². The Morgan fingerprint density at radius 1 is 1.03 bits per heavy atom. The summed E-state index contributed by atoms with van der Waals surface area (Å²) in [4.78, 5) is 29.4. The Balaban J connectivity index is 0.00000294. The molecule has 0 unspecified atom stereocenters. The molecule has 5 aromatic rings. The lowest BCUT2D eigenvalue weighted by Crippen LogP contribution is -2.39. The van der Waals surface area contributed by atoms with E-state index in [-0.39, 0.29) is 18.3 Å². The summed E-state index contributed by atoms with van der Waals surface area (Å²) in [6, 6.07) is 19.9. The van der Waals surface area contributed by atoms with Gasteiger partial charge in [0, 0.05) is 36.0 Å². The van der Waals surface area contributed by atoms with E-state index in [1.165, 1.54) is 0 Å². The topological polar surface area (TPSA) is 58.6 Å². The second-order valence-electron chi connectivity index (χ2n) is 8.92. The maximum absolute atomic E-state index is 14.3. The fraction of sp³-hybridized carbons (Fsp3) is 0.250. The molecule has 6 nitrogen and oxygen atoms in total. The van der Waals surface area contributed by atoms with Crippen molar-refractivity contribution in [3.05, 3.63) is 76.1 Å². The van der Waals surface area contributed by atoms with E-state index < -0.39 is 0 Å². The Kier molecular flexibility index (Phi) is 8.72. The van der Waals surface area contributed by atoms with E-state index in [9.17, 15) is 4.79 Å². The number of aromatic nitrogens is 2. The predicted molar refractivity (Wildman–Crippen MR) is 163 cm³/mol. The van der Waals surface area contributed by atoms with Gasteiger partial charge in [-0.3, -0.25) is 14.6 Å². The molecule has 6 rings (SSSR count).